The van der Waals surface area contributed by atoms with Gasteiger partial charge in [-0.2, -0.15) is 0 Å². The fourth-order valence-electron chi connectivity index (χ4n) is 1.31. The number of nitrogens with zero attached hydrogens (tertiary/aromatic N) is 1. The van der Waals surface area contributed by atoms with E-state index in [4.69, 9.17) is 15.2 Å². The molecule has 7 heteroatoms. The van der Waals surface area contributed by atoms with Crippen LogP contribution in [0.4, 0.5) is 0 Å². The average Bonchev–Trinajstić information content (AvgIpc) is 2.79. The molecule has 0 saturated carbocycles. The lowest BCUT2D eigenvalue weighted by molar-refractivity contribution is -0.150. The molecule has 0 atom stereocenters. The number of carbonyl (C=O) groups is 2. The number of rotatable bonds is 5. The van der Waals surface area contributed by atoms with E-state index in [-0.39, 0.29) is 23.5 Å². The van der Waals surface area contributed by atoms with Crippen molar-refractivity contribution < 1.29 is 19.1 Å². The van der Waals surface area contributed by atoms with Crippen LogP contribution in [0.5, 0.6) is 0 Å². The van der Waals surface area contributed by atoms with E-state index in [1.165, 1.54) is 17.5 Å². The minimum absolute atomic E-state index is 0.0312. The van der Waals surface area contributed by atoms with Crippen LogP contribution in [-0.4, -0.2) is 29.1 Å². The first-order valence-electron chi connectivity index (χ1n) is 6.14. The first kappa shape index (κ1) is 16.2. The molecule has 1 heterocycles. The number of aromatic nitrogens is 1. The average molecular weight is 298 g/mol. The summed E-state index contributed by atoms with van der Waals surface area (Å²) in [5.74, 6) is -1.61. The SMILES string of the molecule is CC(C)OC(=O)C(C(=O)OC(C)C)=C(N)c1nccs1. The monoisotopic (exact) mass is 298 g/mol. The van der Waals surface area contributed by atoms with Gasteiger partial charge in [-0.1, -0.05) is 0 Å². The van der Waals surface area contributed by atoms with Gasteiger partial charge in [0.25, 0.3) is 0 Å². The Hall–Kier alpha value is -1.89. The van der Waals surface area contributed by atoms with Crippen molar-refractivity contribution >= 4 is 29.0 Å². The summed E-state index contributed by atoms with van der Waals surface area (Å²) in [5, 5.41) is 2.07. The molecule has 6 nitrogen and oxygen atoms in total. The maximum absolute atomic E-state index is 12.0. The van der Waals surface area contributed by atoms with Gasteiger partial charge in [-0.3, -0.25) is 0 Å². The van der Waals surface area contributed by atoms with Gasteiger partial charge in [0.2, 0.25) is 0 Å². The molecule has 1 aromatic heterocycles. The molecule has 0 spiro atoms. The molecule has 1 aromatic rings. The second-order valence-electron chi connectivity index (χ2n) is 4.53. The van der Waals surface area contributed by atoms with Crippen LogP contribution in [0.2, 0.25) is 0 Å². The first-order chi connectivity index (χ1) is 9.32. The van der Waals surface area contributed by atoms with Crippen molar-refractivity contribution in [2.45, 2.75) is 39.9 Å². The largest absolute Gasteiger partial charge is 0.459 e. The zero-order chi connectivity index (χ0) is 15.3. The van der Waals surface area contributed by atoms with E-state index < -0.39 is 11.9 Å². The second kappa shape index (κ2) is 7.04. The van der Waals surface area contributed by atoms with E-state index >= 15 is 0 Å². The Bertz CT molecular complexity index is 482. The van der Waals surface area contributed by atoms with Gasteiger partial charge in [0.15, 0.2) is 5.57 Å². The second-order valence-corrected chi connectivity index (χ2v) is 5.43. The van der Waals surface area contributed by atoms with Crippen molar-refractivity contribution in [1.29, 1.82) is 0 Å². The zero-order valence-corrected chi connectivity index (χ0v) is 12.7. The highest BCUT2D eigenvalue weighted by Gasteiger charge is 2.28. The molecule has 0 aromatic carbocycles. The number of esters is 2. The smallest absolute Gasteiger partial charge is 0.348 e. The number of hydrogen-bond donors (Lipinski definition) is 1. The van der Waals surface area contributed by atoms with Gasteiger partial charge in [-0.25, -0.2) is 14.6 Å². The third-order valence-electron chi connectivity index (χ3n) is 2.03. The summed E-state index contributed by atoms with van der Waals surface area (Å²) >= 11 is 1.22. The third kappa shape index (κ3) is 4.34. The maximum Gasteiger partial charge on any atom is 0.348 e. The Labute approximate surface area is 121 Å². The molecular formula is C13H18N2O4S. The minimum atomic E-state index is -0.807. The quantitative estimate of drug-likeness (QED) is 0.385. The van der Waals surface area contributed by atoms with Crippen LogP contribution in [0.15, 0.2) is 17.2 Å². The minimum Gasteiger partial charge on any atom is -0.459 e. The number of nitrogens with two attached hydrogens (primary N) is 1. The van der Waals surface area contributed by atoms with E-state index in [0.717, 1.165) is 0 Å². The lowest BCUT2D eigenvalue weighted by Crippen LogP contribution is -2.26. The predicted octanol–water partition coefficient (Wildman–Crippen LogP) is 1.72. The van der Waals surface area contributed by atoms with Crippen LogP contribution in [0, 0.1) is 0 Å². The van der Waals surface area contributed by atoms with Gasteiger partial charge in [0, 0.05) is 11.6 Å². The number of hydrogen-bond acceptors (Lipinski definition) is 7. The van der Waals surface area contributed by atoms with Crippen LogP contribution >= 0.6 is 11.3 Å². The van der Waals surface area contributed by atoms with E-state index in [1.54, 1.807) is 33.1 Å². The molecule has 0 aliphatic carbocycles. The number of thiazole rings is 1. The molecule has 1 rings (SSSR count). The summed E-state index contributed by atoms with van der Waals surface area (Å²) in [7, 11) is 0. The normalized spacial score (nSPS) is 10.5. The molecule has 20 heavy (non-hydrogen) atoms. The topological polar surface area (TPSA) is 91.5 Å². The van der Waals surface area contributed by atoms with Crippen LogP contribution in [0.3, 0.4) is 0 Å². The molecule has 0 aliphatic rings. The number of ether oxygens (including phenoxy) is 2. The molecule has 2 N–H and O–H groups in total. The van der Waals surface area contributed by atoms with Crippen molar-refractivity contribution in [1.82, 2.24) is 4.98 Å². The van der Waals surface area contributed by atoms with Gasteiger partial charge < -0.3 is 15.2 Å². The van der Waals surface area contributed by atoms with Crippen molar-refractivity contribution in [3.63, 3.8) is 0 Å². The Kier molecular flexibility index (Phi) is 5.69. The number of carbonyl (C=O) groups excluding carboxylic acids is 2. The molecule has 0 amide bonds. The maximum atomic E-state index is 12.0. The standard InChI is InChI=1S/C13H18N2O4S/c1-7(2)18-12(16)9(13(17)19-8(3)4)10(14)11-15-5-6-20-11/h5-8H,14H2,1-4H3. The van der Waals surface area contributed by atoms with E-state index in [1.807, 2.05) is 0 Å². The van der Waals surface area contributed by atoms with Crippen LogP contribution < -0.4 is 5.73 Å². The molecule has 110 valence electrons. The highest BCUT2D eigenvalue weighted by Crippen LogP contribution is 2.19. The van der Waals surface area contributed by atoms with Crippen LogP contribution in [-0.2, 0) is 19.1 Å². The van der Waals surface area contributed by atoms with E-state index in [0.29, 0.717) is 5.01 Å². The first-order valence-corrected chi connectivity index (χ1v) is 7.02. The summed E-state index contributed by atoms with van der Waals surface area (Å²) in [6.07, 6.45) is 0.799. The zero-order valence-electron chi connectivity index (χ0n) is 11.9. The van der Waals surface area contributed by atoms with E-state index in [2.05, 4.69) is 4.98 Å². The Morgan fingerprint density at radius 2 is 1.65 bits per heavy atom. The summed E-state index contributed by atoms with van der Waals surface area (Å²) in [6, 6.07) is 0. The Balaban J connectivity index is 3.16. The molecule has 0 unspecified atom stereocenters. The molecule has 0 aliphatic heterocycles. The lowest BCUT2D eigenvalue weighted by atomic mass is 10.2. The van der Waals surface area contributed by atoms with Crippen LogP contribution in [0.1, 0.15) is 32.7 Å². The van der Waals surface area contributed by atoms with Gasteiger partial charge in [-0.15, -0.1) is 11.3 Å². The molecule has 0 bridgehead atoms. The Morgan fingerprint density at radius 3 is 2.00 bits per heavy atom. The highest BCUT2D eigenvalue weighted by molar-refractivity contribution is 7.10. The van der Waals surface area contributed by atoms with Crippen molar-refractivity contribution in [2.24, 2.45) is 5.73 Å². The Morgan fingerprint density at radius 1 is 1.15 bits per heavy atom. The molecule has 0 radical (unpaired) electrons. The molecule has 0 saturated heterocycles. The lowest BCUT2D eigenvalue weighted by Gasteiger charge is -2.14. The summed E-state index contributed by atoms with van der Waals surface area (Å²) in [4.78, 5) is 28.0. The molecule has 0 fully saturated rings. The predicted molar refractivity (Wildman–Crippen MR) is 75.7 cm³/mol. The fraction of sp³-hybridized carbons (Fsp3) is 0.462. The highest BCUT2D eigenvalue weighted by atomic mass is 32.1. The van der Waals surface area contributed by atoms with Gasteiger partial charge in [0.1, 0.15) is 5.01 Å². The summed E-state index contributed by atoms with van der Waals surface area (Å²) < 4.78 is 10.1. The van der Waals surface area contributed by atoms with Crippen molar-refractivity contribution in [3.8, 4) is 0 Å². The summed E-state index contributed by atoms with van der Waals surface area (Å²) in [6.45, 7) is 6.73. The third-order valence-corrected chi connectivity index (χ3v) is 2.83. The fourth-order valence-corrected chi connectivity index (χ4v) is 1.91. The van der Waals surface area contributed by atoms with Crippen molar-refractivity contribution in [2.75, 3.05) is 0 Å². The van der Waals surface area contributed by atoms with Gasteiger partial charge in [0.05, 0.1) is 17.9 Å². The van der Waals surface area contributed by atoms with Gasteiger partial charge in [-0.05, 0) is 27.7 Å². The van der Waals surface area contributed by atoms with Gasteiger partial charge >= 0.3 is 11.9 Å². The van der Waals surface area contributed by atoms with Crippen molar-refractivity contribution in [3.05, 3.63) is 22.2 Å². The van der Waals surface area contributed by atoms with Crippen LogP contribution in [0.25, 0.3) is 5.70 Å². The summed E-state index contributed by atoms with van der Waals surface area (Å²) in [5.41, 5.74) is 5.51. The molecular weight excluding hydrogens is 280 g/mol. The van der Waals surface area contributed by atoms with E-state index in [9.17, 15) is 9.59 Å².